The first-order chi connectivity index (χ1) is 9.13. The predicted octanol–water partition coefficient (Wildman–Crippen LogP) is 3.02. The second-order valence-corrected chi connectivity index (χ2v) is 3.71. The molecule has 0 heterocycles. The Morgan fingerprint density at radius 1 is 1.16 bits per heavy atom. The molecule has 0 fully saturated rings. The van der Waals surface area contributed by atoms with E-state index in [2.05, 4.69) is 0 Å². The van der Waals surface area contributed by atoms with E-state index in [1.807, 2.05) is 0 Å². The Balaban J connectivity index is 2.44. The molecule has 0 aliphatic rings. The van der Waals surface area contributed by atoms with Gasteiger partial charge in [-0.25, -0.2) is 0 Å². The Morgan fingerprint density at radius 2 is 1.84 bits per heavy atom. The first-order valence-corrected chi connectivity index (χ1v) is 5.43. The Bertz CT molecular complexity index is 615. The van der Waals surface area contributed by atoms with Crippen LogP contribution in [0.4, 0.5) is 10.1 Å². The molecule has 0 saturated heterocycles. The minimum absolute atomic E-state index is 0.203. The van der Waals surface area contributed by atoms with Gasteiger partial charge >= 0.3 is 5.69 Å². The summed E-state index contributed by atoms with van der Waals surface area (Å²) in [5, 5.41) is 20.0. The van der Waals surface area contributed by atoms with E-state index in [0.717, 1.165) is 6.07 Å². The van der Waals surface area contributed by atoms with Crippen molar-refractivity contribution in [1.29, 1.82) is 0 Å². The number of rotatable bonds is 4. The standard InChI is InChI=1S/C13H10FNO4/c14-10-5-3-7-12(13(10)15(17)18)19-11-6-2-1-4-9(11)8-16/h1-7,16H,8H2. The van der Waals surface area contributed by atoms with E-state index in [-0.39, 0.29) is 18.1 Å². The number of hydrogen-bond donors (Lipinski definition) is 1. The fourth-order valence-electron chi connectivity index (χ4n) is 1.61. The van der Waals surface area contributed by atoms with E-state index in [9.17, 15) is 14.5 Å². The number of aliphatic hydroxyl groups excluding tert-OH is 1. The molecule has 2 aromatic carbocycles. The number of nitro groups is 1. The number of nitrogens with zero attached hydrogens (tertiary/aromatic N) is 1. The molecule has 0 spiro atoms. The molecular formula is C13H10FNO4. The van der Waals surface area contributed by atoms with Crippen LogP contribution in [0.2, 0.25) is 0 Å². The second-order valence-electron chi connectivity index (χ2n) is 3.71. The normalized spacial score (nSPS) is 10.2. The van der Waals surface area contributed by atoms with Gasteiger partial charge in [-0.1, -0.05) is 24.3 Å². The summed E-state index contributed by atoms with van der Waals surface area (Å²) >= 11 is 0. The van der Waals surface area contributed by atoms with Crippen LogP contribution in [0.25, 0.3) is 0 Å². The molecule has 2 rings (SSSR count). The van der Waals surface area contributed by atoms with Crippen LogP contribution in [0.15, 0.2) is 42.5 Å². The highest BCUT2D eigenvalue weighted by atomic mass is 19.1. The Labute approximate surface area is 108 Å². The summed E-state index contributed by atoms with van der Waals surface area (Å²) < 4.78 is 18.7. The van der Waals surface area contributed by atoms with E-state index < -0.39 is 16.4 Å². The van der Waals surface area contributed by atoms with E-state index in [1.54, 1.807) is 24.3 Å². The van der Waals surface area contributed by atoms with Crippen molar-refractivity contribution in [2.45, 2.75) is 6.61 Å². The van der Waals surface area contributed by atoms with Crippen molar-refractivity contribution in [3.63, 3.8) is 0 Å². The Kier molecular flexibility index (Phi) is 3.72. The minimum Gasteiger partial charge on any atom is -0.450 e. The summed E-state index contributed by atoms with van der Waals surface area (Å²) in [6.07, 6.45) is 0. The summed E-state index contributed by atoms with van der Waals surface area (Å²) in [5.74, 6) is -0.923. The van der Waals surface area contributed by atoms with Gasteiger partial charge in [-0.05, 0) is 18.2 Å². The quantitative estimate of drug-likeness (QED) is 0.679. The van der Waals surface area contributed by atoms with E-state index in [1.165, 1.54) is 12.1 Å². The van der Waals surface area contributed by atoms with Gasteiger partial charge in [-0.2, -0.15) is 4.39 Å². The smallest absolute Gasteiger partial charge is 0.346 e. The lowest BCUT2D eigenvalue weighted by atomic mass is 10.2. The third-order valence-electron chi connectivity index (χ3n) is 2.50. The third kappa shape index (κ3) is 2.69. The monoisotopic (exact) mass is 263 g/mol. The van der Waals surface area contributed by atoms with Gasteiger partial charge in [-0.15, -0.1) is 0 Å². The van der Waals surface area contributed by atoms with Gasteiger partial charge in [0.15, 0.2) is 0 Å². The largest absolute Gasteiger partial charge is 0.450 e. The van der Waals surface area contributed by atoms with Crippen LogP contribution in [-0.2, 0) is 6.61 Å². The lowest BCUT2D eigenvalue weighted by Gasteiger charge is -2.09. The molecule has 0 aliphatic heterocycles. The van der Waals surface area contributed by atoms with Crippen LogP contribution < -0.4 is 4.74 Å². The summed E-state index contributed by atoms with van der Waals surface area (Å²) in [6.45, 7) is -0.278. The van der Waals surface area contributed by atoms with Gasteiger partial charge < -0.3 is 9.84 Å². The molecule has 6 heteroatoms. The molecule has 0 atom stereocenters. The summed E-state index contributed by atoms with van der Waals surface area (Å²) in [6, 6.07) is 10.1. The average molecular weight is 263 g/mol. The summed E-state index contributed by atoms with van der Waals surface area (Å²) in [5.41, 5.74) is -0.267. The molecule has 0 aromatic heterocycles. The van der Waals surface area contributed by atoms with Crippen molar-refractivity contribution >= 4 is 5.69 Å². The molecule has 2 aromatic rings. The van der Waals surface area contributed by atoms with Gasteiger partial charge in [-0.3, -0.25) is 10.1 Å². The van der Waals surface area contributed by atoms with Crippen molar-refractivity contribution in [3.05, 3.63) is 64.0 Å². The maximum atomic E-state index is 13.4. The molecular weight excluding hydrogens is 253 g/mol. The topological polar surface area (TPSA) is 72.6 Å². The molecule has 98 valence electrons. The average Bonchev–Trinajstić information content (AvgIpc) is 2.39. The van der Waals surface area contributed by atoms with Crippen LogP contribution in [0.3, 0.4) is 0 Å². The highest BCUT2D eigenvalue weighted by molar-refractivity contribution is 5.50. The minimum atomic E-state index is -0.969. The Morgan fingerprint density at radius 3 is 2.53 bits per heavy atom. The molecule has 19 heavy (non-hydrogen) atoms. The van der Waals surface area contributed by atoms with Crippen molar-refractivity contribution in [2.24, 2.45) is 0 Å². The number of halogens is 1. The predicted molar refractivity (Wildman–Crippen MR) is 65.5 cm³/mol. The molecule has 5 nitrogen and oxygen atoms in total. The van der Waals surface area contributed by atoms with Crippen LogP contribution in [-0.4, -0.2) is 10.0 Å². The number of benzene rings is 2. The number of ether oxygens (including phenoxy) is 1. The van der Waals surface area contributed by atoms with Gasteiger partial charge in [0.2, 0.25) is 11.6 Å². The van der Waals surface area contributed by atoms with Crippen molar-refractivity contribution in [2.75, 3.05) is 0 Å². The van der Waals surface area contributed by atoms with Crippen molar-refractivity contribution in [3.8, 4) is 11.5 Å². The van der Waals surface area contributed by atoms with Gasteiger partial charge in [0, 0.05) is 5.56 Å². The zero-order valence-corrected chi connectivity index (χ0v) is 9.75. The van der Waals surface area contributed by atoms with Crippen LogP contribution in [0.5, 0.6) is 11.5 Å². The zero-order valence-electron chi connectivity index (χ0n) is 9.75. The molecule has 0 radical (unpaired) electrons. The highest BCUT2D eigenvalue weighted by Gasteiger charge is 2.22. The van der Waals surface area contributed by atoms with Crippen LogP contribution in [0.1, 0.15) is 5.56 Å². The third-order valence-corrected chi connectivity index (χ3v) is 2.50. The van der Waals surface area contributed by atoms with Crippen molar-refractivity contribution < 1.29 is 19.2 Å². The zero-order chi connectivity index (χ0) is 13.8. The van der Waals surface area contributed by atoms with Crippen molar-refractivity contribution in [1.82, 2.24) is 0 Å². The summed E-state index contributed by atoms with van der Waals surface area (Å²) in [4.78, 5) is 9.98. The number of hydrogen-bond acceptors (Lipinski definition) is 4. The molecule has 0 saturated carbocycles. The first kappa shape index (κ1) is 13.0. The highest BCUT2D eigenvalue weighted by Crippen LogP contribution is 2.34. The number of aliphatic hydroxyl groups is 1. The van der Waals surface area contributed by atoms with E-state index in [4.69, 9.17) is 9.84 Å². The van der Waals surface area contributed by atoms with Gasteiger partial charge in [0.05, 0.1) is 11.5 Å². The molecule has 0 aliphatic carbocycles. The summed E-state index contributed by atoms with van der Waals surface area (Å²) in [7, 11) is 0. The lowest BCUT2D eigenvalue weighted by Crippen LogP contribution is -1.98. The maximum absolute atomic E-state index is 13.4. The first-order valence-electron chi connectivity index (χ1n) is 5.43. The number of para-hydroxylation sites is 2. The fourth-order valence-corrected chi connectivity index (χ4v) is 1.61. The SMILES string of the molecule is O=[N+]([O-])c1c(F)cccc1Oc1ccccc1CO. The second kappa shape index (κ2) is 5.45. The van der Waals surface area contributed by atoms with Crippen LogP contribution in [0, 0.1) is 15.9 Å². The van der Waals surface area contributed by atoms with Gasteiger partial charge in [0.1, 0.15) is 5.75 Å². The molecule has 0 unspecified atom stereocenters. The van der Waals surface area contributed by atoms with Gasteiger partial charge in [0.25, 0.3) is 0 Å². The van der Waals surface area contributed by atoms with Crippen LogP contribution >= 0.6 is 0 Å². The van der Waals surface area contributed by atoms with E-state index >= 15 is 0 Å². The lowest BCUT2D eigenvalue weighted by molar-refractivity contribution is -0.388. The maximum Gasteiger partial charge on any atom is 0.346 e. The van der Waals surface area contributed by atoms with E-state index in [0.29, 0.717) is 5.56 Å². The fraction of sp³-hybridized carbons (Fsp3) is 0.0769. The molecule has 0 amide bonds. The molecule has 1 N–H and O–H groups in total. The molecule has 0 bridgehead atoms. The number of nitro benzene ring substituents is 1. The Hall–Kier alpha value is -2.47.